The molecule has 0 spiro atoms. The van der Waals surface area contributed by atoms with Gasteiger partial charge in [0.2, 0.25) is 0 Å². The molecule has 2 heteroatoms. The van der Waals surface area contributed by atoms with Crippen LogP contribution >= 0.6 is 0 Å². The number of hydrogen-bond donors (Lipinski definition) is 0. The molecule has 0 aromatic heterocycles. The van der Waals surface area contributed by atoms with Crippen LogP contribution in [0.2, 0.25) is 0 Å². The minimum atomic E-state index is 0.711. The topological polar surface area (TPSA) is 15.6 Å². The van der Waals surface area contributed by atoms with Crippen LogP contribution in [0.5, 0.6) is 0 Å². The van der Waals surface area contributed by atoms with Crippen LogP contribution in [-0.2, 0) is 0 Å². The first kappa shape index (κ1) is 11.7. The van der Waals surface area contributed by atoms with Crippen LogP contribution < -0.4 is 0 Å². The first-order valence-corrected chi connectivity index (χ1v) is 4.25. The predicted molar refractivity (Wildman–Crippen MR) is 59.6 cm³/mol. The van der Waals surface area contributed by atoms with E-state index in [0.717, 1.165) is 11.4 Å². The molecular weight excluding hydrogens is 160 g/mol. The second kappa shape index (κ2) is 5.36. The van der Waals surface area contributed by atoms with Crippen LogP contribution in [0.15, 0.2) is 41.8 Å². The maximum Gasteiger partial charge on any atom is 0.125 e. The lowest BCUT2D eigenvalue weighted by Crippen LogP contribution is -2.12. The zero-order valence-electron chi connectivity index (χ0n) is 8.96. The van der Waals surface area contributed by atoms with Crippen molar-refractivity contribution < 1.29 is 0 Å². The quantitative estimate of drug-likeness (QED) is 0.604. The van der Waals surface area contributed by atoms with E-state index in [2.05, 4.69) is 18.2 Å². The zero-order chi connectivity index (χ0) is 10.4. The molecule has 0 atom stereocenters. The Labute approximate surface area is 81.0 Å². The predicted octanol–water partition coefficient (Wildman–Crippen LogP) is 2.96. The number of rotatable bonds is 4. The van der Waals surface area contributed by atoms with Gasteiger partial charge in [0.05, 0.1) is 0 Å². The number of hydrogen-bond acceptors (Lipinski definition) is 2. The molecule has 0 unspecified atom stereocenters. The van der Waals surface area contributed by atoms with E-state index < -0.39 is 0 Å². The molecule has 72 valence electrons. The summed E-state index contributed by atoms with van der Waals surface area (Å²) in [7, 11) is 1.90. The highest BCUT2D eigenvalue weighted by Gasteiger charge is 1.99. The van der Waals surface area contributed by atoms with Crippen molar-refractivity contribution in [3.8, 4) is 0 Å². The van der Waals surface area contributed by atoms with Crippen molar-refractivity contribution in [2.45, 2.75) is 20.8 Å². The molecule has 0 radical (unpaired) electrons. The fourth-order valence-corrected chi connectivity index (χ4v) is 0.777. The summed E-state index contributed by atoms with van der Waals surface area (Å²) >= 11 is 0. The van der Waals surface area contributed by atoms with E-state index in [-0.39, 0.29) is 0 Å². The Morgan fingerprint density at radius 3 is 2.23 bits per heavy atom. The second-order valence-corrected chi connectivity index (χ2v) is 2.96. The minimum Gasteiger partial charge on any atom is -0.335 e. The van der Waals surface area contributed by atoms with Crippen LogP contribution in [0, 0.1) is 0 Å². The Morgan fingerprint density at radius 1 is 1.31 bits per heavy atom. The van der Waals surface area contributed by atoms with Crippen molar-refractivity contribution in [3.05, 3.63) is 36.8 Å². The Kier molecular flexibility index (Phi) is 4.82. The Hall–Kier alpha value is -1.31. The second-order valence-electron chi connectivity index (χ2n) is 2.96. The highest BCUT2D eigenvalue weighted by Crippen LogP contribution is 2.07. The molecule has 0 aliphatic rings. The van der Waals surface area contributed by atoms with Gasteiger partial charge in [-0.25, -0.2) is 4.99 Å². The number of allylic oxidation sites excluding steroid dienone is 3. The van der Waals surface area contributed by atoms with Crippen molar-refractivity contribution in [3.63, 3.8) is 0 Å². The molecule has 0 aliphatic heterocycles. The van der Waals surface area contributed by atoms with E-state index in [0.29, 0.717) is 5.82 Å². The van der Waals surface area contributed by atoms with E-state index in [1.807, 2.05) is 44.9 Å². The summed E-state index contributed by atoms with van der Waals surface area (Å²) in [6.45, 7) is 13.5. The Balaban J connectivity index is 4.46. The molecule has 0 N–H and O–H groups in total. The highest BCUT2D eigenvalue weighted by molar-refractivity contribution is 5.93. The molecule has 0 bridgehead atoms. The highest BCUT2D eigenvalue weighted by atomic mass is 15.2. The summed E-state index contributed by atoms with van der Waals surface area (Å²) in [5, 5.41) is 0. The van der Waals surface area contributed by atoms with E-state index in [1.54, 1.807) is 0 Å². The van der Waals surface area contributed by atoms with Gasteiger partial charge in [0.25, 0.3) is 0 Å². The van der Waals surface area contributed by atoms with Crippen molar-refractivity contribution in [2.24, 2.45) is 4.99 Å². The third-order valence-corrected chi connectivity index (χ3v) is 1.67. The SMILES string of the molecule is C=C(C)N(C)C(=C)N=C(C)/C=C\C. The lowest BCUT2D eigenvalue weighted by molar-refractivity contribution is 0.520. The Bertz CT molecular complexity index is 259. The molecular formula is C11H18N2. The normalized spacial score (nSPS) is 11.8. The number of nitrogens with zero attached hydrogens (tertiary/aromatic N) is 2. The van der Waals surface area contributed by atoms with Crippen LogP contribution in [0.4, 0.5) is 0 Å². The molecule has 13 heavy (non-hydrogen) atoms. The maximum absolute atomic E-state index is 4.29. The van der Waals surface area contributed by atoms with E-state index in [9.17, 15) is 0 Å². The maximum atomic E-state index is 4.29. The third kappa shape index (κ3) is 4.31. The van der Waals surface area contributed by atoms with E-state index in [4.69, 9.17) is 0 Å². The summed E-state index contributed by atoms with van der Waals surface area (Å²) in [4.78, 5) is 6.14. The monoisotopic (exact) mass is 178 g/mol. The van der Waals surface area contributed by atoms with Crippen LogP contribution in [0.3, 0.4) is 0 Å². The Morgan fingerprint density at radius 2 is 1.85 bits per heavy atom. The summed E-state index contributed by atoms with van der Waals surface area (Å²) in [5.41, 5.74) is 1.88. The summed E-state index contributed by atoms with van der Waals surface area (Å²) in [6.07, 6.45) is 3.89. The minimum absolute atomic E-state index is 0.711. The van der Waals surface area contributed by atoms with Crippen LogP contribution in [0.1, 0.15) is 20.8 Å². The fraction of sp³-hybridized carbons (Fsp3) is 0.364. The smallest absolute Gasteiger partial charge is 0.125 e. The van der Waals surface area contributed by atoms with E-state index in [1.165, 1.54) is 0 Å². The molecule has 0 saturated carbocycles. The van der Waals surface area contributed by atoms with Gasteiger partial charge in [-0.1, -0.05) is 19.2 Å². The lowest BCUT2D eigenvalue weighted by atomic mass is 10.4. The van der Waals surface area contributed by atoms with Gasteiger partial charge in [-0.2, -0.15) is 0 Å². The molecule has 0 heterocycles. The molecule has 0 aromatic carbocycles. The van der Waals surface area contributed by atoms with Crippen LogP contribution in [0.25, 0.3) is 0 Å². The van der Waals surface area contributed by atoms with Gasteiger partial charge < -0.3 is 4.90 Å². The first-order valence-electron chi connectivity index (χ1n) is 4.25. The summed E-state index contributed by atoms with van der Waals surface area (Å²) in [5.74, 6) is 0.711. The van der Waals surface area contributed by atoms with Gasteiger partial charge in [-0.15, -0.1) is 0 Å². The van der Waals surface area contributed by atoms with Gasteiger partial charge >= 0.3 is 0 Å². The number of aliphatic imine (C=N–C) groups is 1. The molecule has 0 aromatic rings. The van der Waals surface area contributed by atoms with Gasteiger partial charge in [-0.05, 0) is 26.8 Å². The molecule has 2 nitrogen and oxygen atoms in total. The average molecular weight is 178 g/mol. The van der Waals surface area contributed by atoms with Gasteiger partial charge in [0.15, 0.2) is 0 Å². The van der Waals surface area contributed by atoms with Gasteiger partial charge in [0.1, 0.15) is 5.82 Å². The van der Waals surface area contributed by atoms with Gasteiger partial charge in [0, 0.05) is 18.5 Å². The van der Waals surface area contributed by atoms with Crippen molar-refractivity contribution >= 4 is 5.71 Å². The average Bonchev–Trinajstić information content (AvgIpc) is 2.03. The van der Waals surface area contributed by atoms with E-state index >= 15 is 0 Å². The third-order valence-electron chi connectivity index (χ3n) is 1.67. The standard InChI is InChI=1S/C11H18N2/c1-7-8-10(4)12-11(5)13(6)9(2)3/h7-8H,2,5H2,1,3-4,6H3/b8-7-,12-10?. The zero-order valence-corrected chi connectivity index (χ0v) is 8.96. The molecule has 0 fully saturated rings. The summed E-state index contributed by atoms with van der Waals surface area (Å²) in [6, 6.07) is 0. The van der Waals surface area contributed by atoms with Crippen molar-refractivity contribution in [2.75, 3.05) is 7.05 Å². The molecule has 0 saturated heterocycles. The molecule has 0 rings (SSSR count). The largest absolute Gasteiger partial charge is 0.335 e. The first-order chi connectivity index (χ1) is 5.99. The molecule has 0 aliphatic carbocycles. The fourth-order valence-electron chi connectivity index (χ4n) is 0.777. The van der Waals surface area contributed by atoms with Gasteiger partial charge in [-0.3, -0.25) is 0 Å². The molecule has 0 amide bonds. The van der Waals surface area contributed by atoms with Crippen molar-refractivity contribution in [1.82, 2.24) is 4.90 Å². The van der Waals surface area contributed by atoms with Crippen LogP contribution in [-0.4, -0.2) is 17.7 Å². The summed E-state index contributed by atoms with van der Waals surface area (Å²) < 4.78 is 0. The van der Waals surface area contributed by atoms with Crippen molar-refractivity contribution in [1.29, 1.82) is 0 Å². The lowest BCUT2D eigenvalue weighted by Gasteiger charge is -2.17.